The highest BCUT2D eigenvalue weighted by atomic mass is 127. The van der Waals surface area contributed by atoms with Gasteiger partial charge in [0.15, 0.2) is 11.8 Å². The molecule has 29 heavy (non-hydrogen) atoms. The number of hydrogen-bond acceptors (Lipinski definition) is 4. The Morgan fingerprint density at radius 2 is 1.79 bits per heavy atom. The van der Waals surface area contributed by atoms with Gasteiger partial charge >= 0.3 is 0 Å². The van der Waals surface area contributed by atoms with Crippen molar-refractivity contribution in [1.29, 1.82) is 0 Å². The van der Waals surface area contributed by atoms with Crippen LogP contribution in [0.4, 0.5) is 0 Å². The van der Waals surface area contributed by atoms with Crippen molar-refractivity contribution >= 4 is 41.3 Å². The summed E-state index contributed by atoms with van der Waals surface area (Å²) in [5.41, 5.74) is 0. The van der Waals surface area contributed by atoms with Gasteiger partial charge in [-0.25, -0.2) is 4.99 Å². The Kier molecular flexibility index (Phi) is 14.0. The van der Waals surface area contributed by atoms with Crippen LogP contribution >= 0.6 is 35.3 Å². The van der Waals surface area contributed by atoms with Gasteiger partial charge in [-0.2, -0.15) is 0 Å². The van der Waals surface area contributed by atoms with E-state index in [1.807, 2.05) is 18.5 Å². The molecule has 2 N–H and O–H groups in total. The minimum absolute atomic E-state index is 0. The van der Waals surface area contributed by atoms with E-state index in [0.29, 0.717) is 6.54 Å². The first-order valence-electron chi connectivity index (χ1n) is 10.6. The van der Waals surface area contributed by atoms with Crippen LogP contribution < -0.4 is 10.6 Å². The van der Waals surface area contributed by atoms with Crippen molar-refractivity contribution < 1.29 is 0 Å². The molecule has 0 amide bonds. The van der Waals surface area contributed by atoms with Gasteiger partial charge in [-0.1, -0.05) is 51.5 Å². The van der Waals surface area contributed by atoms with E-state index in [2.05, 4.69) is 45.3 Å². The molecule has 0 spiro atoms. The summed E-state index contributed by atoms with van der Waals surface area (Å²) in [5.74, 6) is 2.66. The predicted octanol–water partition coefficient (Wildman–Crippen LogP) is 4.83. The maximum atomic E-state index is 4.72. The van der Waals surface area contributed by atoms with Crippen LogP contribution in [0, 0.1) is 6.92 Å². The number of aryl methyl sites for hydroxylation is 1. The smallest absolute Gasteiger partial charge is 0.191 e. The average Bonchev–Trinajstić information content (AvgIpc) is 3.32. The first-order valence-corrected chi connectivity index (χ1v) is 11.5. The molecule has 0 saturated heterocycles. The highest BCUT2D eigenvalue weighted by Crippen LogP contribution is 2.08. The van der Waals surface area contributed by atoms with Crippen LogP contribution in [-0.2, 0) is 20.0 Å². The Bertz CT molecular complexity index is 683. The van der Waals surface area contributed by atoms with E-state index in [0.717, 1.165) is 37.1 Å². The third kappa shape index (κ3) is 10.4. The van der Waals surface area contributed by atoms with Crippen molar-refractivity contribution in [3.05, 3.63) is 34.0 Å². The fourth-order valence-corrected chi connectivity index (χ4v) is 3.67. The summed E-state index contributed by atoms with van der Waals surface area (Å²) in [6.07, 6.45) is 10.2. The molecule has 0 bridgehead atoms. The summed E-state index contributed by atoms with van der Waals surface area (Å²) in [4.78, 5) is 6.11. The summed E-state index contributed by atoms with van der Waals surface area (Å²) in [5, 5.41) is 17.4. The van der Waals surface area contributed by atoms with E-state index in [9.17, 15) is 0 Å². The number of rotatable bonds is 13. The van der Waals surface area contributed by atoms with E-state index >= 15 is 0 Å². The van der Waals surface area contributed by atoms with E-state index in [4.69, 9.17) is 4.99 Å². The molecule has 8 heteroatoms. The number of aliphatic imine (C=N–C) groups is 1. The van der Waals surface area contributed by atoms with E-state index in [1.54, 1.807) is 11.3 Å². The fourth-order valence-electron chi connectivity index (χ4n) is 2.96. The number of nitrogens with one attached hydrogen (secondary N) is 2. The quantitative estimate of drug-likeness (QED) is 0.168. The van der Waals surface area contributed by atoms with Gasteiger partial charge in [-0.15, -0.1) is 45.5 Å². The lowest BCUT2D eigenvalue weighted by atomic mass is 10.1. The number of guanidine groups is 1. The number of nitrogens with zero attached hydrogens (tertiary/aromatic N) is 4. The lowest BCUT2D eigenvalue weighted by Gasteiger charge is -2.12. The Morgan fingerprint density at radius 3 is 2.45 bits per heavy atom. The van der Waals surface area contributed by atoms with Crippen LogP contribution in [-0.4, -0.2) is 33.8 Å². The SMILES string of the molecule is CCCCCCCCCNC(=NCc1nnc(C)n1C)NCCc1cccs1.I. The molecule has 2 rings (SSSR count). The van der Waals surface area contributed by atoms with Crippen LogP contribution in [0.2, 0.25) is 0 Å². The van der Waals surface area contributed by atoms with E-state index in [-0.39, 0.29) is 24.0 Å². The zero-order chi connectivity index (χ0) is 20.0. The van der Waals surface area contributed by atoms with Crippen LogP contribution in [0.1, 0.15) is 68.4 Å². The monoisotopic (exact) mass is 532 g/mol. The van der Waals surface area contributed by atoms with Gasteiger partial charge in [0.05, 0.1) is 0 Å². The molecule has 2 heterocycles. The van der Waals surface area contributed by atoms with Crippen molar-refractivity contribution in [1.82, 2.24) is 25.4 Å². The van der Waals surface area contributed by atoms with Crippen LogP contribution in [0.5, 0.6) is 0 Å². The van der Waals surface area contributed by atoms with Gasteiger partial charge in [0.1, 0.15) is 12.4 Å². The van der Waals surface area contributed by atoms with Crippen molar-refractivity contribution in [2.75, 3.05) is 13.1 Å². The van der Waals surface area contributed by atoms with Gasteiger partial charge < -0.3 is 15.2 Å². The van der Waals surface area contributed by atoms with E-state index in [1.165, 1.54) is 49.8 Å². The number of thiophene rings is 1. The van der Waals surface area contributed by atoms with E-state index < -0.39 is 0 Å². The highest BCUT2D eigenvalue weighted by molar-refractivity contribution is 14.0. The molecule has 0 fully saturated rings. The zero-order valence-corrected chi connectivity index (χ0v) is 21.3. The molecular weight excluding hydrogens is 495 g/mol. The third-order valence-corrected chi connectivity index (χ3v) is 5.81. The number of halogens is 1. The van der Waals surface area contributed by atoms with Crippen molar-refractivity contribution in [2.24, 2.45) is 12.0 Å². The second-order valence-corrected chi connectivity index (χ2v) is 8.22. The Labute approximate surface area is 197 Å². The normalized spacial score (nSPS) is 11.3. The molecule has 0 aliphatic carbocycles. The molecule has 0 aliphatic rings. The molecule has 164 valence electrons. The van der Waals surface area contributed by atoms with Crippen LogP contribution in [0.3, 0.4) is 0 Å². The standard InChI is InChI=1S/C21H36N6S.HI/c1-4-5-6-7-8-9-10-14-22-21(23-15-13-19-12-11-16-28-19)24-17-20-26-25-18(2)27(20)3;/h11-12,16H,4-10,13-15,17H2,1-3H3,(H2,22,23,24);1H. The van der Waals surface area contributed by atoms with Gasteiger partial charge in [-0.3, -0.25) is 0 Å². The van der Waals surface area contributed by atoms with Gasteiger partial charge in [0.2, 0.25) is 0 Å². The molecule has 0 aliphatic heterocycles. The Morgan fingerprint density at radius 1 is 1.07 bits per heavy atom. The maximum Gasteiger partial charge on any atom is 0.191 e. The summed E-state index contributed by atoms with van der Waals surface area (Å²) < 4.78 is 1.99. The lowest BCUT2D eigenvalue weighted by molar-refractivity contribution is 0.583. The lowest BCUT2D eigenvalue weighted by Crippen LogP contribution is -2.39. The molecule has 0 atom stereocenters. The van der Waals surface area contributed by atoms with Crippen LogP contribution in [0.15, 0.2) is 22.5 Å². The van der Waals surface area contributed by atoms with Gasteiger partial charge in [0.25, 0.3) is 0 Å². The molecule has 2 aromatic heterocycles. The molecule has 6 nitrogen and oxygen atoms in total. The first-order chi connectivity index (χ1) is 13.7. The summed E-state index contributed by atoms with van der Waals surface area (Å²) in [6.45, 7) is 6.58. The van der Waals surface area contributed by atoms with Crippen molar-refractivity contribution in [2.45, 2.75) is 71.8 Å². The van der Waals surface area contributed by atoms with Crippen molar-refractivity contribution in [3.63, 3.8) is 0 Å². The van der Waals surface area contributed by atoms with Gasteiger partial charge in [0, 0.05) is 25.0 Å². The minimum atomic E-state index is 0. The van der Waals surface area contributed by atoms with Gasteiger partial charge in [-0.05, 0) is 31.2 Å². The molecular formula is C21H37IN6S. The maximum absolute atomic E-state index is 4.72. The number of unbranched alkanes of at least 4 members (excludes halogenated alkanes) is 6. The Balaban J connectivity index is 0.00000420. The zero-order valence-electron chi connectivity index (χ0n) is 18.1. The minimum Gasteiger partial charge on any atom is -0.356 e. The predicted molar refractivity (Wildman–Crippen MR) is 134 cm³/mol. The van der Waals surface area contributed by atoms with Crippen molar-refractivity contribution in [3.8, 4) is 0 Å². The molecule has 0 aromatic carbocycles. The average molecular weight is 533 g/mol. The molecule has 0 saturated carbocycles. The summed E-state index contributed by atoms with van der Waals surface area (Å²) >= 11 is 1.80. The van der Waals surface area contributed by atoms with Crippen LogP contribution in [0.25, 0.3) is 0 Å². The summed E-state index contributed by atoms with van der Waals surface area (Å²) in [7, 11) is 1.98. The molecule has 0 unspecified atom stereocenters. The largest absolute Gasteiger partial charge is 0.356 e. The topological polar surface area (TPSA) is 67.1 Å². The third-order valence-electron chi connectivity index (χ3n) is 4.88. The summed E-state index contributed by atoms with van der Waals surface area (Å²) in [6, 6.07) is 4.28. The number of aromatic nitrogens is 3. The highest BCUT2D eigenvalue weighted by Gasteiger charge is 2.05. The number of hydrogen-bond donors (Lipinski definition) is 2. The second-order valence-electron chi connectivity index (χ2n) is 7.19. The Hall–Kier alpha value is -1.16. The first kappa shape index (κ1) is 25.9. The fraction of sp³-hybridized carbons (Fsp3) is 0.667. The molecule has 0 radical (unpaired) electrons. The molecule has 2 aromatic rings. The second kappa shape index (κ2) is 15.6.